The summed E-state index contributed by atoms with van der Waals surface area (Å²) in [5.41, 5.74) is 31.6. The maximum absolute atomic E-state index is 13.1. The van der Waals surface area contributed by atoms with E-state index in [2.05, 4.69) is 50.8 Å². The average Bonchev–Trinajstić information content (AvgIpc) is 1.62. The van der Waals surface area contributed by atoms with Crippen molar-refractivity contribution in [1.82, 2.24) is 80.2 Å². The SMILES string of the molecule is Cc1ccc2ccccc2c1C(=O)NCc1ccc(-c2nn(C3C=CC(O)C3)c3ncnc(N)c23)cc1.Nc1ncnc2c1c(-c1ccc(CNC(=O)c3cccc4ccccc34)cc1)nn2C1C=CC(O)C1.Nc1ncnc2c1c(-c1ccc(CNC(=O)c3cccc4cccnc34)cc1)nn2C1C=CC(O)C1. The van der Waals surface area contributed by atoms with Crippen LogP contribution in [0.25, 0.3) is 99.3 Å². The molecule has 0 spiro atoms. The highest BCUT2D eigenvalue weighted by Crippen LogP contribution is 2.39. The van der Waals surface area contributed by atoms with Gasteiger partial charge in [-0.15, -0.1) is 0 Å². The number of pyridine rings is 1. The number of anilines is 3. The molecule has 109 heavy (non-hydrogen) atoms. The van der Waals surface area contributed by atoms with Gasteiger partial charge in [0.2, 0.25) is 0 Å². The largest absolute Gasteiger partial charge is 0.389 e. The van der Waals surface area contributed by atoms with E-state index in [0.29, 0.717) is 129 Å². The molecule has 25 nitrogen and oxygen atoms in total. The Kier molecular flexibility index (Phi) is 19.2. The number of nitrogen functional groups attached to an aromatic ring is 3. The van der Waals surface area contributed by atoms with Crippen LogP contribution in [0.2, 0.25) is 0 Å². The minimum absolute atomic E-state index is 0.0974. The van der Waals surface area contributed by atoms with Crippen molar-refractivity contribution in [2.24, 2.45) is 0 Å². The summed E-state index contributed by atoms with van der Waals surface area (Å²) in [5, 5.41) is 60.3. The molecule has 12 N–H and O–H groups in total. The standard InChI is InChI=1S/C29H26N6O2.C28H24N6O2.C27H23N7O2/c1-17-6-9-19-4-2-3-5-23(19)24(17)29(37)31-15-18-7-10-20(11-8-18)26-25-27(30)32-16-33-28(25)35(34-26)21-12-13-22(36)14-21;29-26-24-25(33-34(27(24)32-16-31-26)20-12-13-21(35)14-20)19-10-8-17(9-11-19)15-30-28(36)23-7-3-5-18-4-1-2-6-22(18)23;28-25-22-24(33-34(26(22)32-15-31-25)19-10-11-20(35)13-19)18-8-6-16(7-9-18)14-30-27(36)21-5-1-3-17-4-2-12-29-23(17)21/h2-13,16,21-22,36H,14-15H2,1H3,(H,31,37)(H2,30,32,33);1-13,16,20-21,35H,14-15H2,(H,30,36)(H2,29,31,32);1-12,15,19-20,35H,13-14H2,(H,30,36)(H2,28,31,32). The Labute approximate surface area is 623 Å². The zero-order valence-electron chi connectivity index (χ0n) is 58.9. The third-order valence-corrected chi connectivity index (χ3v) is 19.9. The number of carbonyl (C=O) groups excluding carboxylic acids is 3. The number of nitrogens with zero attached hydrogens (tertiary/aromatic N) is 13. The highest BCUT2D eigenvalue weighted by molar-refractivity contribution is 6.09. The molecule has 540 valence electrons. The molecular formula is C84H73N19O6. The third kappa shape index (κ3) is 14.1. The molecule has 25 heteroatoms. The van der Waals surface area contributed by atoms with Crippen LogP contribution in [0.4, 0.5) is 17.5 Å². The van der Waals surface area contributed by atoms with Crippen LogP contribution in [-0.2, 0) is 19.6 Å². The zero-order chi connectivity index (χ0) is 74.8. The molecule has 0 saturated carbocycles. The Morgan fingerprint density at radius 1 is 0.394 bits per heavy atom. The number of fused-ring (bicyclic) bond motifs is 6. The van der Waals surface area contributed by atoms with Crippen LogP contribution in [0.5, 0.6) is 0 Å². The van der Waals surface area contributed by atoms with Gasteiger partial charge in [0, 0.05) is 72.7 Å². The Bertz CT molecular complexity index is 5840. The fraction of sp³-hybridized carbons (Fsp3) is 0.155. The number of aliphatic hydroxyl groups excluding tert-OH is 3. The van der Waals surface area contributed by atoms with E-state index in [1.54, 1.807) is 44.5 Å². The fourth-order valence-electron chi connectivity index (χ4n) is 14.4. The molecule has 18 rings (SSSR count). The number of para-hydroxylation sites is 1. The van der Waals surface area contributed by atoms with E-state index < -0.39 is 18.3 Å². The number of allylic oxidation sites excluding steroid dienone is 3. The van der Waals surface area contributed by atoms with E-state index in [9.17, 15) is 29.7 Å². The quantitative estimate of drug-likeness (QED) is 0.0430. The summed E-state index contributed by atoms with van der Waals surface area (Å²) in [6, 6.07) is 58.0. The predicted molar refractivity (Wildman–Crippen MR) is 420 cm³/mol. The van der Waals surface area contributed by atoms with Crippen LogP contribution in [-0.4, -0.2) is 116 Å². The molecule has 0 aliphatic heterocycles. The van der Waals surface area contributed by atoms with Crippen LogP contribution >= 0.6 is 0 Å². The monoisotopic (exact) mass is 1440 g/mol. The number of hydrogen-bond acceptors (Lipinski definition) is 19. The molecular weight excluding hydrogens is 1370 g/mol. The van der Waals surface area contributed by atoms with Crippen molar-refractivity contribution >= 4 is 101 Å². The van der Waals surface area contributed by atoms with Crippen molar-refractivity contribution in [2.45, 2.75) is 82.3 Å². The number of hydrogen-bond donors (Lipinski definition) is 9. The lowest BCUT2D eigenvalue weighted by Gasteiger charge is -2.11. The molecule has 7 aromatic heterocycles. The lowest BCUT2D eigenvalue weighted by atomic mass is 9.99. The first-order valence-electron chi connectivity index (χ1n) is 35.6. The second-order valence-electron chi connectivity index (χ2n) is 27.0. The van der Waals surface area contributed by atoms with E-state index in [0.717, 1.165) is 65.9 Å². The molecule has 0 saturated heterocycles. The lowest BCUT2D eigenvalue weighted by Crippen LogP contribution is -2.23. The average molecular weight is 1440 g/mol. The smallest absolute Gasteiger partial charge is 0.253 e. The summed E-state index contributed by atoms with van der Waals surface area (Å²) in [5.74, 6) is 0.677. The van der Waals surface area contributed by atoms with Crippen molar-refractivity contribution < 1.29 is 29.7 Å². The molecule has 3 amide bonds. The Morgan fingerprint density at radius 2 is 0.771 bits per heavy atom. The minimum Gasteiger partial charge on any atom is -0.389 e. The Balaban J connectivity index is 0.000000124. The molecule has 0 bridgehead atoms. The van der Waals surface area contributed by atoms with Gasteiger partial charge in [0.15, 0.2) is 16.9 Å². The van der Waals surface area contributed by atoms with Gasteiger partial charge in [-0.25, -0.2) is 43.9 Å². The molecule has 6 unspecified atom stereocenters. The number of carbonyl (C=O) groups is 3. The minimum atomic E-state index is -0.504. The Morgan fingerprint density at radius 3 is 1.21 bits per heavy atom. The maximum Gasteiger partial charge on any atom is 0.253 e. The van der Waals surface area contributed by atoms with Crippen LogP contribution in [0.1, 0.15) is 90.7 Å². The zero-order valence-corrected chi connectivity index (χ0v) is 58.9. The maximum atomic E-state index is 13.1. The number of aliphatic hydroxyl groups is 3. The number of rotatable bonds is 15. The first kappa shape index (κ1) is 69.6. The highest BCUT2D eigenvalue weighted by Gasteiger charge is 2.29. The molecule has 3 aliphatic carbocycles. The first-order valence-corrected chi connectivity index (χ1v) is 35.6. The molecule has 15 aromatic rings. The van der Waals surface area contributed by atoms with E-state index in [1.807, 2.05) is 201 Å². The fourth-order valence-corrected chi connectivity index (χ4v) is 14.4. The molecule has 0 fully saturated rings. The topological polar surface area (TPSA) is 370 Å². The van der Waals surface area contributed by atoms with Gasteiger partial charge in [-0.05, 0) is 68.9 Å². The van der Waals surface area contributed by atoms with Crippen molar-refractivity contribution in [1.29, 1.82) is 0 Å². The lowest BCUT2D eigenvalue weighted by molar-refractivity contribution is 0.0944. The first-order chi connectivity index (χ1) is 53.2. The van der Waals surface area contributed by atoms with Gasteiger partial charge in [0.1, 0.15) is 53.5 Å². The van der Waals surface area contributed by atoms with Gasteiger partial charge in [0.25, 0.3) is 17.7 Å². The Hall–Kier alpha value is -13.8. The number of nitrogens with two attached hydrogens (primary N) is 3. The number of nitrogens with one attached hydrogen (secondary N) is 3. The van der Waals surface area contributed by atoms with E-state index in [1.165, 1.54) is 19.0 Å². The second-order valence-corrected chi connectivity index (χ2v) is 27.0. The number of aryl methyl sites for hydroxylation is 1. The number of aromatic nitrogens is 13. The van der Waals surface area contributed by atoms with Crippen molar-refractivity contribution in [3.63, 3.8) is 0 Å². The third-order valence-electron chi connectivity index (χ3n) is 19.9. The summed E-state index contributed by atoms with van der Waals surface area (Å²) < 4.78 is 5.39. The number of amides is 3. The van der Waals surface area contributed by atoms with Crippen molar-refractivity contribution in [3.05, 3.63) is 283 Å². The van der Waals surface area contributed by atoms with E-state index in [4.69, 9.17) is 32.5 Å². The molecule has 0 radical (unpaired) electrons. The molecule has 3 aliphatic rings. The number of benzene rings is 8. The van der Waals surface area contributed by atoms with Gasteiger partial charge in [-0.3, -0.25) is 19.4 Å². The molecule has 6 atom stereocenters. The van der Waals surface area contributed by atoms with Gasteiger partial charge >= 0.3 is 0 Å². The summed E-state index contributed by atoms with van der Waals surface area (Å²) in [6.45, 7) is 3.12. The van der Waals surface area contributed by atoms with Crippen molar-refractivity contribution in [3.8, 4) is 33.8 Å². The second kappa shape index (κ2) is 30.0. The summed E-state index contributed by atoms with van der Waals surface area (Å²) in [7, 11) is 0. The van der Waals surface area contributed by atoms with Crippen molar-refractivity contribution in [2.75, 3.05) is 17.2 Å². The van der Waals surface area contributed by atoms with Gasteiger partial charge < -0.3 is 48.5 Å². The molecule has 7 heterocycles. The molecule has 8 aromatic carbocycles. The van der Waals surface area contributed by atoms with Crippen LogP contribution in [0, 0.1) is 6.92 Å². The van der Waals surface area contributed by atoms with E-state index >= 15 is 0 Å². The van der Waals surface area contributed by atoms with Gasteiger partial charge in [-0.1, -0.05) is 200 Å². The van der Waals surface area contributed by atoms with Crippen LogP contribution in [0.15, 0.2) is 244 Å². The van der Waals surface area contributed by atoms with Crippen LogP contribution in [0.3, 0.4) is 0 Å². The predicted octanol–water partition coefficient (Wildman–Crippen LogP) is 11.8. The van der Waals surface area contributed by atoms with Gasteiger partial charge in [0.05, 0.1) is 69.2 Å². The summed E-state index contributed by atoms with van der Waals surface area (Å²) >= 11 is 0. The highest BCUT2D eigenvalue weighted by atomic mass is 16.3. The van der Waals surface area contributed by atoms with Crippen LogP contribution < -0.4 is 33.2 Å². The summed E-state index contributed by atoms with van der Waals surface area (Å²) in [4.78, 5) is 68.9. The van der Waals surface area contributed by atoms with E-state index in [-0.39, 0.29) is 35.8 Å². The summed E-state index contributed by atoms with van der Waals surface area (Å²) in [6.07, 6.45) is 17.2. The van der Waals surface area contributed by atoms with Gasteiger partial charge in [-0.2, -0.15) is 15.3 Å². The normalized spacial score (nSPS) is 17.1.